The van der Waals surface area contributed by atoms with Crippen molar-refractivity contribution in [2.75, 3.05) is 11.9 Å². The molecule has 4 rings (SSSR count). The summed E-state index contributed by atoms with van der Waals surface area (Å²) in [7, 11) is 0. The Morgan fingerprint density at radius 1 is 1.12 bits per heavy atom. The number of urea groups is 1. The van der Waals surface area contributed by atoms with Crippen molar-refractivity contribution < 1.29 is 19.5 Å². The molecule has 2 aliphatic heterocycles. The van der Waals surface area contributed by atoms with Gasteiger partial charge in [-0.15, -0.1) is 0 Å². The number of hydrogen-bond donors (Lipinski definition) is 4. The van der Waals surface area contributed by atoms with Gasteiger partial charge in [-0.2, -0.15) is 0 Å². The molecule has 8 nitrogen and oxygen atoms in total. The van der Waals surface area contributed by atoms with Gasteiger partial charge < -0.3 is 26.0 Å². The van der Waals surface area contributed by atoms with Gasteiger partial charge in [-0.1, -0.05) is 30.4 Å². The molecule has 0 bridgehead atoms. The van der Waals surface area contributed by atoms with Gasteiger partial charge in [0.2, 0.25) is 5.91 Å². The van der Waals surface area contributed by atoms with Crippen LogP contribution in [0.15, 0.2) is 42.5 Å². The Balaban J connectivity index is 1.55. The number of nitrogens with zero attached hydrogens (tertiary/aromatic N) is 1. The Labute approximate surface area is 186 Å². The average molecular weight is 434 g/mol. The lowest BCUT2D eigenvalue weighted by molar-refractivity contribution is -0.120. The molecule has 166 valence electrons. The van der Waals surface area contributed by atoms with Gasteiger partial charge in [0.1, 0.15) is 11.8 Å². The van der Waals surface area contributed by atoms with E-state index in [2.05, 4.69) is 16.0 Å². The van der Waals surface area contributed by atoms with E-state index in [0.717, 1.165) is 11.1 Å². The molecule has 2 aromatic carbocycles. The molecule has 4 N–H and O–H groups in total. The monoisotopic (exact) mass is 434 g/mol. The summed E-state index contributed by atoms with van der Waals surface area (Å²) in [5.41, 5.74) is 2.59. The molecule has 1 fully saturated rings. The largest absolute Gasteiger partial charge is 0.508 e. The molecule has 8 heteroatoms. The minimum atomic E-state index is -0.760. The maximum atomic E-state index is 13.3. The number of hydrogen-bond acceptors (Lipinski definition) is 4. The van der Waals surface area contributed by atoms with Crippen molar-refractivity contribution in [3.8, 4) is 5.75 Å². The van der Waals surface area contributed by atoms with E-state index in [4.69, 9.17) is 0 Å². The van der Waals surface area contributed by atoms with E-state index in [1.807, 2.05) is 32.1 Å². The van der Waals surface area contributed by atoms with Crippen LogP contribution in [-0.2, 0) is 4.79 Å². The Kier molecular flexibility index (Phi) is 5.85. The fourth-order valence-corrected chi connectivity index (χ4v) is 4.06. The van der Waals surface area contributed by atoms with E-state index in [9.17, 15) is 19.5 Å². The second-order valence-corrected chi connectivity index (χ2v) is 8.33. The average Bonchev–Trinajstić information content (AvgIpc) is 3.12. The first kappa shape index (κ1) is 21.4. The molecule has 4 amide bonds. The Morgan fingerprint density at radius 2 is 1.81 bits per heavy atom. The van der Waals surface area contributed by atoms with Crippen LogP contribution in [0.1, 0.15) is 41.8 Å². The molecule has 0 unspecified atom stereocenters. The summed E-state index contributed by atoms with van der Waals surface area (Å²) >= 11 is 0. The zero-order valence-electron chi connectivity index (χ0n) is 18.0. The second kappa shape index (κ2) is 8.74. The quantitative estimate of drug-likeness (QED) is 0.555. The summed E-state index contributed by atoms with van der Waals surface area (Å²) in [6.45, 7) is 4.09. The van der Waals surface area contributed by atoms with Crippen LogP contribution in [0.2, 0.25) is 0 Å². The second-order valence-electron chi connectivity index (χ2n) is 8.33. The van der Waals surface area contributed by atoms with Crippen LogP contribution >= 0.6 is 0 Å². The Bertz CT molecular complexity index is 1080. The topological polar surface area (TPSA) is 111 Å². The van der Waals surface area contributed by atoms with Crippen molar-refractivity contribution in [1.82, 2.24) is 15.5 Å². The highest BCUT2D eigenvalue weighted by Crippen LogP contribution is 2.30. The van der Waals surface area contributed by atoms with Gasteiger partial charge in [-0.3, -0.25) is 9.59 Å². The van der Waals surface area contributed by atoms with Crippen LogP contribution in [0.3, 0.4) is 0 Å². The van der Waals surface area contributed by atoms with E-state index in [1.54, 1.807) is 36.4 Å². The number of carbonyl (C=O) groups is 3. The Hall–Kier alpha value is -3.81. The van der Waals surface area contributed by atoms with Gasteiger partial charge in [0.05, 0.1) is 17.3 Å². The van der Waals surface area contributed by atoms with E-state index < -0.39 is 12.1 Å². The van der Waals surface area contributed by atoms with Crippen LogP contribution in [0.25, 0.3) is 12.2 Å². The van der Waals surface area contributed by atoms with Gasteiger partial charge in [-0.05, 0) is 55.7 Å². The van der Waals surface area contributed by atoms with Crippen LogP contribution in [-0.4, -0.2) is 52.5 Å². The molecule has 1 saturated heterocycles. The molecule has 0 saturated carbocycles. The summed E-state index contributed by atoms with van der Waals surface area (Å²) in [5.74, 6) is -0.350. The number of anilines is 1. The highest BCUT2D eigenvalue weighted by Gasteiger charge is 2.45. The smallest absolute Gasteiger partial charge is 0.315 e. The summed E-state index contributed by atoms with van der Waals surface area (Å²) in [5, 5.41) is 17.8. The summed E-state index contributed by atoms with van der Waals surface area (Å²) in [6, 6.07) is 10.5. The lowest BCUT2D eigenvalue weighted by Crippen LogP contribution is -2.54. The zero-order valence-corrected chi connectivity index (χ0v) is 18.0. The maximum absolute atomic E-state index is 13.3. The molecule has 2 aliphatic rings. The SMILES string of the molecule is CC(C)NC(=O)N[C@@H]1CCN2C(=O)c3cc(C=Cc4ccc(O)cc4)ccc3NC(=O)[C@H]12. The number of nitrogens with one attached hydrogen (secondary N) is 3. The summed E-state index contributed by atoms with van der Waals surface area (Å²) in [4.78, 5) is 39.9. The third kappa shape index (κ3) is 4.44. The number of aromatic hydroxyl groups is 1. The zero-order chi connectivity index (χ0) is 22.8. The minimum Gasteiger partial charge on any atom is -0.508 e. The van der Waals surface area contributed by atoms with Crippen molar-refractivity contribution in [3.05, 3.63) is 59.2 Å². The van der Waals surface area contributed by atoms with Crippen molar-refractivity contribution in [2.45, 2.75) is 38.4 Å². The number of phenols is 1. The third-order valence-corrected chi connectivity index (χ3v) is 5.56. The molecular formula is C24H26N4O4. The molecule has 0 radical (unpaired) electrons. The molecule has 32 heavy (non-hydrogen) atoms. The normalized spacial score (nSPS) is 20.0. The van der Waals surface area contributed by atoms with Gasteiger partial charge in [0, 0.05) is 12.6 Å². The number of rotatable bonds is 4. The van der Waals surface area contributed by atoms with Gasteiger partial charge in [-0.25, -0.2) is 4.79 Å². The predicted octanol–water partition coefficient (Wildman–Crippen LogP) is 2.81. The highest BCUT2D eigenvalue weighted by atomic mass is 16.3. The summed E-state index contributed by atoms with van der Waals surface area (Å²) < 4.78 is 0. The number of phenolic OH excluding ortho intramolecular Hbond substituents is 1. The van der Waals surface area contributed by atoms with Crippen molar-refractivity contribution in [2.24, 2.45) is 0 Å². The molecule has 2 heterocycles. The van der Waals surface area contributed by atoms with Gasteiger partial charge in [0.15, 0.2) is 0 Å². The first-order chi connectivity index (χ1) is 15.3. The third-order valence-electron chi connectivity index (χ3n) is 5.56. The molecular weight excluding hydrogens is 408 g/mol. The van der Waals surface area contributed by atoms with E-state index in [1.165, 1.54) is 4.90 Å². The molecule has 0 aromatic heterocycles. The summed E-state index contributed by atoms with van der Waals surface area (Å²) in [6.07, 6.45) is 4.26. The van der Waals surface area contributed by atoms with Gasteiger partial charge >= 0.3 is 6.03 Å². The van der Waals surface area contributed by atoms with Crippen LogP contribution in [0, 0.1) is 0 Å². The lowest BCUT2D eigenvalue weighted by atomic mass is 10.1. The number of amides is 4. The number of fused-ring (bicyclic) bond motifs is 2. The first-order valence-electron chi connectivity index (χ1n) is 10.6. The van der Waals surface area contributed by atoms with Crippen LogP contribution in [0.5, 0.6) is 5.75 Å². The van der Waals surface area contributed by atoms with Crippen molar-refractivity contribution in [1.29, 1.82) is 0 Å². The maximum Gasteiger partial charge on any atom is 0.315 e. The minimum absolute atomic E-state index is 0.0330. The van der Waals surface area contributed by atoms with Crippen LogP contribution in [0.4, 0.5) is 10.5 Å². The first-order valence-corrected chi connectivity index (χ1v) is 10.6. The van der Waals surface area contributed by atoms with E-state index in [0.29, 0.717) is 24.2 Å². The molecule has 2 atom stereocenters. The highest BCUT2D eigenvalue weighted by molar-refractivity contribution is 6.11. The predicted molar refractivity (Wildman–Crippen MR) is 122 cm³/mol. The standard InChI is InChI=1S/C24H26N4O4/c1-14(2)25-24(32)27-20-11-12-28-21(20)22(30)26-19-10-7-16(13-18(19)23(28)31)4-3-15-5-8-17(29)9-6-15/h3-10,13-14,20-21,29H,11-12H2,1-2H3,(H,26,30)(H2,25,27,32)/t20-,21+/m1/s1. The lowest BCUT2D eigenvalue weighted by Gasteiger charge is -2.25. The van der Waals surface area contributed by atoms with Crippen LogP contribution < -0.4 is 16.0 Å². The number of carbonyl (C=O) groups excluding carboxylic acids is 3. The van der Waals surface area contributed by atoms with E-state index in [-0.39, 0.29) is 29.6 Å². The fraction of sp³-hybridized carbons (Fsp3) is 0.292. The molecule has 0 aliphatic carbocycles. The van der Waals surface area contributed by atoms with E-state index >= 15 is 0 Å². The Morgan fingerprint density at radius 3 is 2.53 bits per heavy atom. The molecule has 2 aromatic rings. The fourth-order valence-electron chi connectivity index (χ4n) is 4.06. The van der Waals surface area contributed by atoms with Crippen molar-refractivity contribution >= 4 is 35.7 Å². The van der Waals surface area contributed by atoms with Crippen molar-refractivity contribution in [3.63, 3.8) is 0 Å². The van der Waals surface area contributed by atoms with Gasteiger partial charge in [0.25, 0.3) is 5.91 Å². The number of benzene rings is 2. The molecule has 0 spiro atoms.